The Kier molecular flexibility index (Phi) is 7.79. The highest BCUT2D eigenvalue weighted by atomic mass is 16.5. The molecular formula is C27H37N2O6+. The zero-order valence-corrected chi connectivity index (χ0v) is 20.4. The number of carboxylic acid groups (broad SMARTS) is 2. The van der Waals surface area contributed by atoms with Crippen LogP contribution in [0, 0.1) is 17.8 Å². The van der Waals surface area contributed by atoms with Gasteiger partial charge in [-0.3, -0.25) is 4.79 Å². The van der Waals surface area contributed by atoms with E-state index in [1.54, 1.807) is 0 Å². The van der Waals surface area contributed by atoms with Crippen LogP contribution in [0.4, 0.5) is 0 Å². The molecule has 0 radical (unpaired) electrons. The Bertz CT molecular complexity index is 898. The molecule has 0 unspecified atom stereocenters. The number of nitrogens with zero attached hydrogens (tertiary/aromatic N) is 1. The van der Waals surface area contributed by atoms with Gasteiger partial charge in [-0.2, -0.15) is 0 Å². The van der Waals surface area contributed by atoms with Crippen molar-refractivity contribution in [3.05, 3.63) is 42.0 Å². The molecule has 35 heavy (non-hydrogen) atoms. The number of hydrogen-bond acceptors (Lipinski definition) is 4. The van der Waals surface area contributed by atoms with Crippen molar-refractivity contribution in [2.75, 3.05) is 39.8 Å². The lowest BCUT2D eigenvalue weighted by Gasteiger charge is -2.57. The highest BCUT2D eigenvalue weighted by molar-refractivity contribution is 5.89. The lowest BCUT2D eigenvalue weighted by atomic mass is 9.48. The summed E-state index contributed by atoms with van der Waals surface area (Å²) in [6.45, 7) is 3.92. The largest absolute Gasteiger partial charge is 0.484 e. The van der Waals surface area contributed by atoms with E-state index in [2.05, 4.69) is 31.3 Å². The SMILES string of the molecule is C[NH+]1CCN(C(=O)COc2ccc(C34CC5CC(CC(C5)C3)C4)cc2)CC1.O=C(O)/C=C/C(=O)O. The molecule has 1 aromatic carbocycles. The van der Waals surface area contributed by atoms with Gasteiger partial charge in [-0.15, -0.1) is 0 Å². The van der Waals surface area contributed by atoms with Crippen molar-refractivity contribution in [3.8, 4) is 5.75 Å². The van der Waals surface area contributed by atoms with Gasteiger partial charge in [0.15, 0.2) is 6.61 Å². The highest BCUT2D eigenvalue weighted by Crippen LogP contribution is 2.60. The van der Waals surface area contributed by atoms with E-state index in [1.807, 2.05) is 4.90 Å². The number of benzene rings is 1. The minimum atomic E-state index is -1.26. The number of ether oxygens (including phenoxy) is 1. The number of amides is 1. The Morgan fingerprint density at radius 2 is 1.43 bits per heavy atom. The Morgan fingerprint density at radius 1 is 0.943 bits per heavy atom. The van der Waals surface area contributed by atoms with Crippen molar-refractivity contribution in [2.45, 2.75) is 43.9 Å². The van der Waals surface area contributed by atoms with Gasteiger partial charge in [0.2, 0.25) is 0 Å². The van der Waals surface area contributed by atoms with Crippen LogP contribution in [0.15, 0.2) is 36.4 Å². The smallest absolute Gasteiger partial charge is 0.328 e. The minimum Gasteiger partial charge on any atom is -0.484 e. The number of quaternary nitrogens is 1. The molecule has 0 aromatic heterocycles. The monoisotopic (exact) mass is 485 g/mol. The van der Waals surface area contributed by atoms with E-state index in [-0.39, 0.29) is 12.5 Å². The topological polar surface area (TPSA) is 109 Å². The summed E-state index contributed by atoms with van der Waals surface area (Å²) in [6, 6.07) is 8.75. The average Bonchev–Trinajstić information content (AvgIpc) is 2.81. The Morgan fingerprint density at radius 3 is 1.89 bits per heavy atom. The molecule has 4 bridgehead atoms. The van der Waals surface area contributed by atoms with E-state index < -0.39 is 11.9 Å². The number of hydrogen-bond donors (Lipinski definition) is 3. The fourth-order valence-corrected chi connectivity index (χ4v) is 6.89. The molecule has 5 fully saturated rings. The van der Waals surface area contributed by atoms with Crippen LogP contribution in [0.5, 0.6) is 5.75 Å². The predicted molar refractivity (Wildman–Crippen MR) is 129 cm³/mol. The maximum atomic E-state index is 12.4. The molecule has 1 aromatic rings. The van der Waals surface area contributed by atoms with E-state index >= 15 is 0 Å². The zero-order valence-electron chi connectivity index (χ0n) is 20.4. The number of carbonyl (C=O) groups is 3. The third-order valence-electron chi connectivity index (χ3n) is 8.21. The Labute approximate surface area is 206 Å². The number of carbonyl (C=O) groups excluding carboxylic acids is 1. The van der Waals surface area contributed by atoms with Crippen molar-refractivity contribution in [2.24, 2.45) is 17.8 Å². The van der Waals surface area contributed by atoms with Gasteiger partial charge in [-0.05, 0) is 79.4 Å². The summed E-state index contributed by atoms with van der Waals surface area (Å²) < 4.78 is 5.82. The number of carboxylic acids is 2. The van der Waals surface area contributed by atoms with Crippen molar-refractivity contribution < 1.29 is 34.2 Å². The van der Waals surface area contributed by atoms with Gasteiger partial charge >= 0.3 is 11.9 Å². The number of piperazine rings is 1. The lowest BCUT2D eigenvalue weighted by molar-refractivity contribution is -0.883. The molecule has 0 atom stereocenters. The van der Waals surface area contributed by atoms with Crippen molar-refractivity contribution in [1.29, 1.82) is 0 Å². The van der Waals surface area contributed by atoms with Crippen LogP contribution >= 0.6 is 0 Å². The molecule has 3 N–H and O–H groups in total. The molecule has 1 aliphatic heterocycles. The quantitative estimate of drug-likeness (QED) is 0.529. The molecule has 4 aliphatic carbocycles. The molecule has 1 amide bonds. The fourth-order valence-electron chi connectivity index (χ4n) is 6.89. The van der Waals surface area contributed by atoms with Crippen LogP contribution in [-0.2, 0) is 19.8 Å². The number of nitrogens with one attached hydrogen (secondary N) is 1. The molecule has 8 heteroatoms. The molecule has 190 valence electrons. The first kappa shape index (κ1) is 25.2. The van der Waals surface area contributed by atoms with Crippen LogP contribution in [0.3, 0.4) is 0 Å². The summed E-state index contributed by atoms with van der Waals surface area (Å²) in [5.41, 5.74) is 1.95. The van der Waals surface area contributed by atoms with Gasteiger partial charge in [-0.25, -0.2) is 9.59 Å². The standard InChI is InChI=1S/C23H32N2O2.C4H4O4/c1-24-6-8-25(9-7-24)22(26)16-27-21-4-2-20(3-5-21)23-13-17-10-18(14-23)12-19(11-17)15-23;5-3(6)1-2-4(7)8/h2-5,17-19H,6-16H2,1H3;1-2H,(H,5,6)(H,7,8)/p+1/b;2-1+. The highest BCUT2D eigenvalue weighted by Gasteiger charge is 2.51. The predicted octanol–water partition coefficient (Wildman–Crippen LogP) is 1.60. The molecule has 4 saturated carbocycles. The maximum absolute atomic E-state index is 12.4. The zero-order chi connectivity index (χ0) is 25.0. The van der Waals surface area contributed by atoms with Gasteiger partial charge in [0.05, 0.1) is 33.2 Å². The van der Waals surface area contributed by atoms with Gasteiger partial charge in [0.1, 0.15) is 5.75 Å². The summed E-state index contributed by atoms with van der Waals surface area (Å²) in [6.07, 6.45) is 9.74. The van der Waals surface area contributed by atoms with Crippen molar-refractivity contribution >= 4 is 17.8 Å². The Hall–Kier alpha value is -2.87. The summed E-state index contributed by atoms with van der Waals surface area (Å²) in [5, 5.41) is 15.6. The van der Waals surface area contributed by atoms with E-state index in [0.717, 1.165) is 49.7 Å². The van der Waals surface area contributed by atoms with Gasteiger partial charge < -0.3 is 24.7 Å². The van der Waals surface area contributed by atoms with Crippen LogP contribution in [-0.4, -0.2) is 72.8 Å². The van der Waals surface area contributed by atoms with E-state index in [9.17, 15) is 14.4 Å². The first-order valence-electron chi connectivity index (χ1n) is 12.7. The van der Waals surface area contributed by atoms with E-state index in [0.29, 0.717) is 17.6 Å². The van der Waals surface area contributed by atoms with Gasteiger partial charge in [-0.1, -0.05) is 12.1 Å². The summed E-state index contributed by atoms with van der Waals surface area (Å²) >= 11 is 0. The average molecular weight is 486 g/mol. The second-order valence-electron chi connectivity index (χ2n) is 10.9. The first-order valence-corrected chi connectivity index (χ1v) is 12.7. The van der Waals surface area contributed by atoms with Crippen LogP contribution in [0.1, 0.15) is 44.1 Å². The molecule has 5 aliphatic rings. The number of likely N-dealkylation sites (N-methyl/N-ethyl adjacent to an activating group) is 1. The molecule has 1 heterocycles. The van der Waals surface area contributed by atoms with Gasteiger partial charge in [0, 0.05) is 12.2 Å². The molecule has 8 nitrogen and oxygen atoms in total. The van der Waals surface area contributed by atoms with Gasteiger partial charge in [0.25, 0.3) is 5.91 Å². The second kappa shape index (κ2) is 10.8. The minimum absolute atomic E-state index is 0.118. The molecule has 0 spiro atoms. The first-order chi connectivity index (χ1) is 16.7. The summed E-state index contributed by atoms with van der Waals surface area (Å²) in [7, 11) is 2.18. The third-order valence-corrected chi connectivity index (χ3v) is 8.21. The second-order valence-corrected chi connectivity index (χ2v) is 10.9. The van der Waals surface area contributed by atoms with Crippen LogP contribution in [0.2, 0.25) is 0 Å². The Balaban J connectivity index is 0.000000314. The third kappa shape index (κ3) is 6.42. The lowest BCUT2D eigenvalue weighted by Crippen LogP contribution is -3.12. The van der Waals surface area contributed by atoms with Crippen LogP contribution < -0.4 is 9.64 Å². The van der Waals surface area contributed by atoms with Crippen LogP contribution in [0.25, 0.3) is 0 Å². The van der Waals surface area contributed by atoms with E-state index in [1.165, 1.54) is 49.0 Å². The normalized spacial score (nSPS) is 29.5. The van der Waals surface area contributed by atoms with Crippen molar-refractivity contribution in [1.82, 2.24) is 4.90 Å². The maximum Gasteiger partial charge on any atom is 0.328 e. The number of aliphatic carboxylic acids is 2. The van der Waals surface area contributed by atoms with E-state index in [4.69, 9.17) is 14.9 Å². The summed E-state index contributed by atoms with van der Waals surface area (Å²) in [5.74, 6) is 1.34. The van der Waals surface area contributed by atoms with Crippen molar-refractivity contribution in [3.63, 3.8) is 0 Å². The number of rotatable bonds is 6. The fraction of sp³-hybridized carbons (Fsp3) is 0.593. The molecule has 6 rings (SSSR count). The molecular weight excluding hydrogens is 448 g/mol. The summed E-state index contributed by atoms with van der Waals surface area (Å²) in [4.78, 5) is 34.9. The molecule has 1 saturated heterocycles.